The maximum Gasteiger partial charge on any atom is 0.270 e. The van der Waals surface area contributed by atoms with E-state index in [4.69, 9.17) is 16.9 Å². The third-order valence-corrected chi connectivity index (χ3v) is 4.87. The first-order chi connectivity index (χ1) is 11.8. The van der Waals surface area contributed by atoms with E-state index in [1.165, 1.54) is 24.3 Å². The summed E-state index contributed by atoms with van der Waals surface area (Å²) in [6.07, 6.45) is 0. The largest absolute Gasteiger partial charge is 0.383 e. The number of sulfonamides is 1. The molecule has 130 valence electrons. The normalized spacial score (nSPS) is 10.9. The number of halogens is 1. The van der Waals surface area contributed by atoms with Gasteiger partial charge >= 0.3 is 0 Å². The first kappa shape index (κ1) is 18.7. The lowest BCUT2D eigenvalue weighted by molar-refractivity contribution is -0.385. The van der Waals surface area contributed by atoms with Gasteiger partial charge < -0.3 is 5.32 Å². The Hall–Kier alpha value is -2.67. The van der Waals surface area contributed by atoms with E-state index in [9.17, 15) is 18.5 Å². The number of non-ortho nitro benzene ring substituents is 1. The molecule has 2 rings (SSSR count). The van der Waals surface area contributed by atoms with Gasteiger partial charge in [0.25, 0.3) is 5.69 Å². The van der Waals surface area contributed by atoms with Crippen LogP contribution in [0.4, 0.5) is 11.4 Å². The lowest BCUT2D eigenvalue weighted by Crippen LogP contribution is -2.29. The molecular formula is C15H13ClN4O4S. The molecule has 0 aliphatic heterocycles. The van der Waals surface area contributed by atoms with Gasteiger partial charge in [0, 0.05) is 30.2 Å². The molecule has 2 N–H and O–H groups in total. The van der Waals surface area contributed by atoms with E-state index in [1.54, 1.807) is 12.1 Å². The van der Waals surface area contributed by atoms with Gasteiger partial charge in [-0.1, -0.05) is 17.7 Å². The van der Waals surface area contributed by atoms with Crippen molar-refractivity contribution in [2.45, 2.75) is 4.90 Å². The number of nitro benzene ring substituents is 1. The second-order valence-corrected chi connectivity index (χ2v) is 7.08. The van der Waals surface area contributed by atoms with E-state index < -0.39 is 14.9 Å². The van der Waals surface area contributed by atoms with Crippen LogP contribution in [0.15, 0.2) is 47.4 Å². The zero-order valence-corrected chi connectivity index (χ0v) is 14.3. The van der Waals surface area contributed by atoms with Gasteiger partial charge in [0.15, 0.2) is 0 Å². The molecule has 0 heterocycles. The van der Waals surface area contributed by atoms with Gasteiger partial charge in [-0.25, -0.2) is 13.1 Å². The predicted molar refractivity (Wildman–Crippen MR) is 92.9 cm³/mol. The fraction of sp³-hybridized carbons (Fsp3) is 0.133. The Labute approximate surface area is 149 Å². The Balaban J connectivity index is 1.98. The number of nitrogens with zero attached hydrogens (tertiary/aromatic N) is 2. The predicted octanol–water partition coefficient (Wildman–Crippen LogP) is 2.51. The Morgan fingerprint density at radius 2 is 1.96 bits per heavy atom. The molecule has 25 heavy (non-hydrogen) atoms. The molecule has 0 fully saturated rings. The molecule has 0 atom stereocenters. The number of anilines is 1. The van der Waals surface area contributed by atoms with Crippen molar-refractivity contribution in [1.82, 2.24) is 4.72 Å². The van der Waals surface area contributed by atoms with Crippen LogP contribution in [-0.4, -0.2) is 26.4 Å². The second kappa shape index (κ2) is 7.94. The van der Waals surface area contributed by atoms with E-state index in [0.717, 1.165) is 6.07 Å². The highest BCUT2D eigenvalue weighted by molar-refractivity contribution is 7.89. The summed E-state index contributed by atoms with van der Waals surface area (Å²) in [4.78, 5) is 9.88. The molecule has 2 aromatic rings. The van der Waals surface area contributed by atoms with Crippen LogP contribution in [0, 0.1) is 21.4 Å². The van der Waals surface area contributed by atoms with Gasteiger partial charge in [0.2, 0.25) is 10.0 Å². The van der Waals surface area contributed by atoms with E-state index in [1.807, 2.05) is 6.07 Å². The molecule has 0 unspecified atom stereocenters. The molecule has 2 aromatic carbocycles. The summed E-state index contributed by atoms with van der Waals surface area (Å²) in [5.41, 5.74) is 0.566. The van der Waals surface area contributed by atoms with Crippen molar-refractivity contribution in [2.75, 3.05) is 18.4 Å². The number of rotatable bonds is 7. The fourth-order valence-electron chi connectivity index (χ4n) is 1.99. The Bertz CT molecular complexity index is 941. The highest BCUT2D eigenvalue weighted by Gasteiger charge is 2.17. The summed E-state index contributed by atoms with van der Waals surface area (Å²) >= 11 is 5.80. The minimum Gasteiger partial charge on any atom is -0.383 e. The monoisotopic (exact) mass is 380 g/mol. The Morgan fingerprint density at radius 1 is 1.20 bits per heavy atom. The molecular weight excluding hydrogens is 368 g/mol. The van der Waals surface area contributed by atoms with Gasteiger partial charge in [-0.2, -0.15) is 5.26 Å². The quantitative estimate of drug-likeness (QED) is 0.432. The average molecular weight is 381 g/mol. The van der Waals surface area contributed by atoms with Gasteiger partial charge in [-0.3, -0.25) is 10.1 Å². The van der Waals surface area contributed by atoms with Crippen LogP contribution in [0.5, 0.6) is 0 Å². The Morgan fingerprint density at radius 3 is 2.64 bits per heavy atom. The van der Waals surface area contributed by atoms with E-state index in [2.05, 4.69) is 10.0 Å². The molecule has 0 bridgehead atoms. The van der Waals surface area contributed by atoms with Crippen molar-refractivity contribution >= 4 is 33.0 Å². The van der Waals surface area contributed by atoms with Crippen molar-refractivity contribution in [3.05, 3.63) is 63.2 Å². The Kier molecular flexibility index (Phi) is 5.93. The molecule has 0 aliphatic rings. The summed E-state index contributed by atoms with van der Waals surface area (Å²) < 4.78 is 26.6. The molecule has 0 amide bonds. The van der Waals surface area contributed by atoms with Crippen LogP contribution < -0.4 is 10.0 Å². The molecule has 0 saturated heterocycles. The second-order valence-electron chi connectivity index (χ2n) is 4.88. The van der Waals surface area contributed by atoms with E-state index in [-0.39, 0.29) is 23.7 Å². The lowest BCUT2D eigenvalue weighted by atomic mass is 10.2. The highest BCUT2D eigenvalue weighted by Crippen LogP contribution is 2.20. The van der Waals surface area contributed by atoms with Gasteiger partial charge in [-0.05, 0) is 24.3 Å². The number of hydrogen-bond donors (Lipinski definition) is 2. The molecule has 0 spiro atoms. The van der Waals surface area contributed by atoms with E-state index in [0.29, 0.717) is 16.3 Å². The van der Waals surface area contributed by atoms with Crippen LogP contribution in [0.2, 0.25) is 5.02 Å². The first-order valence-electron chi connectivity index (χ1n) is 7.01. The standard InChI is InChI=1S/C15H13ClN4O4S/c16-12-4-5-15(11(8-12)10-17)18-6-7-19-25(23,24)14-3-1-2-13(9-14)20(21)22/h1-5,8-9,18-19H,6-7H2. The van der Waals surface area contributed by atoms with Gasteiger partial charge in [-0.15, -0.1) is 0 Å². The van der Waals surface area contributed by atoms with Crippen LogP contribution >= 0.6 is 11.6 Å². The maximum absolute atomic E-state index is 12.2. The average Bonchev–Trinajstić information content (AvgIpc) is 2.59. The van der Waals surface area contributed by atoms with Crippen LogP contribution in [0.3, 0.4) is 0 Å². The number of nitro groups is 1. The number of nitriles is 1. The molecule has 0 saturated carbocycles. The van der Waals surface area contributed by atoms with Crippen LogP contribution in [0.1, 0.15) is 5.56 Å². The van der Waals surface area contributed by atoms with Crippen LogP contribution in [-0.2, 0) is 10.0 Å². The van der Waals surface area contributed by atoms with Crippen molar-refractivity contribution in [3.8, 4) is 6.07 Å². The summed E-state index contributed by atoms with van der Waals surface area (Å²) in [6.45, 7) is 0.239. The summed E-state index contributed by atoms with van der Waals surface area (Å²) in [6, 6.07) is 11.5. The van der Waals surface area contributed by atoms with Crippen LogP contribution in [0.25, 0.3) is 0 Å². The zero-order valence-electron chi connectivity index (χ0n) is 12.8. The van der Waals surface area contributed by atoms with Gasteiger partial charge in [0.1, 0.15) is 6.07 Å². The van der Waals surface area contributed by atoms with E-state index >= 15 is 0 Å². The molecule has 10 heteroatoms. The topological polar surface area (TPSA) is 125 Å². The summed E-state index contributed by atoms with van der Waals surface area (Å²) in [5.74, 6) is 0. The number of nitrogens with one attached hydrogen (secondary N) is 2. The molecule has 0 radical (unpaired) electrons. The minimum absolute atomic E-state index is 0.0263. The number of hydrogen-bond acceptors (Lipinski definition) is 6. The third kappa shape index (κ3) is 4.90. The maximum atomic E-state index is 12.2. The van der Waals surface area contributed by atoms with Gasteiger partial charge in [0.05, 0.1) is 21.1 Å². The van der Waals surface area contributed by atoms with Crippen molar-refractivity contribution in [1.29, 1.82) is 5.26 Å². The lowest BCUT2D eigenvalue weighted by Gasteiger charge is -2.10. The number of benzene rings is 2. The highest BCUT2D eigenvalue weighted by atomic mass is 35.5. The third-order valence-electron chi connectivity index (χ3n) is 3.17. The van der Waals surface area contributed by atoms with Crippen molar-refractivity contribution in [2.24, 2.45) is 0 Å². The molecule has 0 aromatic heterocycles. The zero-order chi connectivity index (χ0) is 18.4. The minimum atomic E-state index is -3.87. The van der Waals surface area contributed by atoms with Crippen molar-refractivity contribution < 1.29 is 13.3 Å². The smallest absolute Gasteiger partial charge is 0.270 e. The molecule has 0 aliphatic carbocycles. The summed E-state index contributed by atoms with van der Waals surface area (Å²) in [5, 5.41) is 23.1. The summed E-state index contributed by atoms with van der Waals surface area (Å²) in [7, 11) is -3.87. The SMILES string of the molecule is N#Cc1cc(Cl)ccc1NCCNS(=O)(=O)c1cccc([N+](=O)[O-])c1. The molecule has 8 nitrogen and oxygen atoms in total. The first-order valence-corrected chi connectivity index (χ1v) is 8.87. The fourth-order valence-corrected chi connectivity index (χ4v) is 3.24. The van der Waals surface area contributed by atoms with Crippen molar-refractivity contribution in [3.63, 3.8) is 0 Å².